The molecule has 0 spiro atoms. The highest BCUT2D eigenvalue weighted by molar-refractivity contribution is 6.00. The van der Waals surface area contributed by atoms with Crippen molar-refractivity contribution in [2.45, 2.75) is 277 Å². The summed E-state index contributed by atoms with van der Waals surface area (Å²) in [6.07, 6.45) is 15.7. The van der Waals surface area contributed by atoms with E-state index in [1.165, 1.54) is 57.6 Å². The molecule has 30 nitrogen and oxygen atoms in total. The van der Waals surface area contributed by atoms with Gasteiger partial charge in [0.2, 0.25) is 0 Å². The second-order valence-electron chi connectivity index (χ2n) is 38.5. The van der Waals surface area contributed by atoms with E-state index in [1.807, 2.05) is 25.1 Å². The molecule has 0 atom stereocenters. The quantitative estimate of drug-likeness (QED) is 0.0427. The number of pyridine rings is 6. The molecular formula is C101H137N27O3. The van der Waals surface area contributed by atoms with Crippen LogP contribution in [0.15, 0.2) is 91.0 Å². The van der Waals surface area contributed by atoms with Gasteiger partial charge in [-0.15, -0.1) is 0 Å². The summed E-state index contributed by atoms with van der Waals surface area (Å²) < 4.78 is 17.7. The lowest BCUT2D eigenvalue weighted by Gasteiger charge is -2.31. The highest BCUT2D eigenvalue weighted by Gasteiger charge is 2.36. The van der Waals surface area contributed by atoms with E-state index in [0.29, 0.717) is 66.1 Å². The second-order valence-corrected chi connectivity index (χ2v) is 38.5. The number of anilines is 7. The molecule has 0 unspecified atom stereocenters. The van der Waals surface area contributed by atoms with Crippen LogP contribution in [-0.4, -0.2) is 137 Å². The molecular weight excluding hydrogens is 1640 g/mol. The molecule has 0 radical (unpaired) electrons. The Morgan fingerprint density at radius 2 is 0.771 bits per heavy atom. The first kappa shape index (κ1) is 94.9. The van der Waals surface area contributed by atoms with E-state index < -0.39 is 0 Å². The molecule has 0 bridgehead atoms. The smallest absolute Gasteiger partial charge is 0.153 e. The van der Waals surface area contributed by atoms with Crippen LogP contribution in [0.2, 0.25) is 0 Å². The van der Waals surface area contributed by atoms with E-state index >= 15 is 0 Å². The van der Waals surface area contributed by atoms with Gasteiger partial charge in [0.15, 0.2) is 40.7 Å². The highest BCUT2D eigenvalue weighted by Crippen LogP contribution is 2.43. The van der Waals surface area contributed by atoms with Gasteiger partial charge in [0.05, 0.1) is 125 Å². The Balaban J connectivity index is 0.000000127. The molecule has 0 fully saturated rings. The maximum Gasteiger partial charge on any atom is 0.153 e. The fraction of sp³-hybridized carbons (Fsp3) is 0.465. The molecule has 3 aromatic carbocycles. The van der Waals surface area contributed by atoms with Crippen LogP contribution in [-0.2, 0) is 131 Å². The summed E-state index contributed by atoms with van der Waals surface area (Å²) in [5.74, 6) is 4.82. The number of aromatic nitrogens is 18. The lowest BCUT2D eigenvalue weighted by atomic mass is 9.75. The molecule has 694 valence electrons. The molecule has 0 saturated carbocycles. The van der Waals surface area contributed by atoms with Crippen LogP contribution < -0.4 is 39.7 Å². The van der Waals surface area contributed by atoms with Gasteiger partial charge in [-0.05, 0) is 133 Å². The van der Waals surface area contributed by atoms with E-state index in [2.05, 4.69) is 239 Å². The van der Waals surface area contributed by atoms with Crippen LogP contribution in [0.5, 0.6) is 0 Å². The number of nitrogen functional groups attached to an aromatic ring is 6. The van der Waals surface area contributed by atoms with Crippen molar-refractivity contribution in [3.63, 3.8) is 0 Å². The van der Waals surface area contributed by atoms with Crippen LogP contribution in [0.4, 0.5) is 40.7 Å². The topological polar surface area (TPSA) is 452 Å². The first-order valence-electron chi connectivity index (χ1n) is 46.0. The molecule has 0 saturated heterocycles. The molecule has 0 amide bonds. The minimum atomic E-state index is -0.198. The molecule has 19 N–H and O–H groups in total. The standard InChI is InChI=1S/C19H24N6.C18H20N4O.C17H19N5.C16H24N4.C15H22N4O.C14H20N4O.2CH4/c1-2-9-21-19-17-16(18(20)24-23-17)14-12-25(10-8-15(14)22-19)11-13-6-4-3-5-7-13;1-18(2)9-14-12(10-23-18)15-16(21-22-17(15)19)13(20-14)8-11-6-4-3-5-7-11;1-11-16-15(17(18)21-20-16)13-10-22(8-7-14(13)19-11)9-12-5-3-2-4-6-12;1-4-5-6-12-14-13(15(17)20-19-14)10-9-16(2,3)8-7-11(10)18-12;1-8(2)5-10-13-12(14(16)19-18-13)9-7-20-15(3,4)6-11(9)17-10;1-4-5-9-12-11(13(15)18-17-12)8-7-19-14(2,3)6-10(8)16-9;;/h3-7H,2,8-12H2,1H3,(H,21,22)(H3,20,23,24);3-7H,8-10H2,1-2H3,(H3,19,21,22);2-6H,7-10H2,1H3,(H3,18,20,21);4-9H2,1-3H3,(H3,17,19,20);8H,5-7H2,1-4H3,(H3,16,18,19);4-7H2,1-3H3,(H3,15,17,18);2*1H4. The fourth-order valence-corrected chi connectivity index (χ4v) is 18.9. The van der Waals surface area contributed by atoms with E-state index in [9.17, 15) is 0 Å². The largest absolute Gasteiger partial charge is 0.382 e. The number of nitrogens with zero attached hydrogens (tertiary/aromatic N) is 14. The Morgan fingerprint density at radius 1 is 0.397 bits per heavy atom. The average molecular weight is 1780 g/mol. The summed E-state index contributed by atoms with van der Waals surface area (Å²) in [5.41, 5.74) is 65.2. The van der Waals surface area contributed by atoms with Gasteiger partial charge in [-0.2, -0.15) is 30.6 Å². The van der Waals surface area contributed by atoms with Gasteiger partial charge < -0.3 is 53.9 Å². The van der Waals surface area contributed by atoms with Gasteiger partial charge >= 0.3 is 0 Å². The second kappa shape index (κ2) is 39.8. The summed E-state index contributed by atoms with van der Waals surface area (Å²) in [4.78, 5) is 34.1. The van der Waals surface area contributed by atoms with Crippen molar-refractivity contribution in [3.8, 4) is 0 Å². The van der Waals surface area contributed by atoms with Crippen molar-refractivity contribution in [1.29, 1.82) is 0 Å². The number of aryl methyl sites for hydroxylation is 4. The van der Waals surface area contributed by atoms with Crippen molar-refractivity contribution in [2.24, 2.45) is 11.3 Å². The molecule has 15 aromatic rings. The van der Waals surface area contributed by atoms with E-state index in [0.717, 1.165) is 275 Å². The minimum Gasteiger partial charge on any atom is -0.382 e. The fourth-order valence-electron chi connectivity index (χ4n) is 18.9. The number of nitrogens with one attached hydrogen (secondary N) is 7. The zero-order chi connectivity index (χ0) is 90.8. The Kier molecular flexibility index (Phi) is 28.9. The zero-order valence-corrected chi connectivity index (χ0v) is 77.6. The molecule has 17 heterocycles. The third kappa shape index (κ3) is 20.9. The monoisotopic (exact) mass is 1780 g/mol. The van der Waals surface area contributed by atoms with Crippen LogP contribution >= 0.6 is 0 Å². The molecule has 30 heteroatoms. The van der Waals surface area contributed by atoms with Gasteiger partial charge in [0.25, 0.3) is 0 Å². The predicted molar refractivity (Wildman–Crippen MR) is 529 cm³/mol. The van der Waals surface area contributed by atoms with Crippen LogP contribution in [0.3, 0.4) is 0 Å². The highest BCUT2D eigenvalue weighted by atomic mass is 16.5. The van der Waals surface area contributed by atoms with Crippen molar-refractivity contribution < 1.29 is 14.2 Å². The Morgan fingerprint density at radius 3 is 1.22 bits per heavy atom. The summed E-state index contributed by atoms with van der Waals surface area (Å²) in [5, 5.41) is 53.0. The van der Waals surface area contributed by atoms with Gasteiger partial charge in [0, 0.05) is 146 Å². The average Bonchev–Trinajstić information content (AvgIpc) is 1.72. The Bertz CT molecular complexity index is 6490. The molecule has 6 aliphatic rings. The number of unbranched alkanes of at least 4 members (excludes halogenated alkanes) is 1. The normalized spacial score (nSPS) is 16.1. The number of hydrogen-bond acceptors (Lipinski definition) is 24. The molecule has 131 heavy (non-hydrogen) atoms. The number of nitrogens with two attached hydrogens (primary N) is 6. The summed E-state index contributed by atoms with van der Waals surface area (Å²) in [6, 6.07) is 31.5. The summed E-state index contributed by atoms with van der Waals surface area (Å²) >= 11 is 0. The van der Waals surface area contributed by atoms with Crippen LogP contribution in [0, 0.1) is 18.3 Å². The maximum atomic E-state index is 6.18. The van der Waals surface area contributed by atoms with Crippen molar-refractivity contribution >= 4 is 106 Å². The first-order valence-corrected chi connectivity index (χ1v) is 46.0. The van der Waals surface area contributed by atoms with Gasteiger partial charge in [-0.25, -0.2) is 4.98 Å². The van der Waals surface area contributed by atoms with Crippen molar-refractivity contribution in [3.05, 3.63) is 204 Å². The van der Waals surface area contributed by atoms with E-state index in [1.54, 1.807) is 0 Å². The Hall–Kier alpha value is -12.2. The number of fused-ring (bicyclic) bond motifs is 18. The number of aromatic amines is 6. The third-order valence-corrected chi connectivity index (χ3v) is 25.5. The van der Waals surface area contributed by atoms with E-state index in [-0.39, 0.29) is 31.7 Å². The minimum absolute atomic E-state index is 0. The molecule has 12 aromatic heterocycles. The predicted octanol–water partition coefficient (Wildman–Crippen LogP) is 17.9. The SMILES string of the molecule is C.C.CC(C)Cc1nc2c(c3c(N)n[nH]c13)COC(C)(C)C2.CC1(C)Cc2nc(Cc3ccccc3)c3[nH]nc(N)c3c2CO1.CCCCc1nc2c(c3c(N)n[nH]c13)CC(C)(C)CC2.CCCNc1nc2c(c3c(N)n[nH]c13)CN(Cc1ccccc1)CC2.CCCc1nc2c(c3c(N)n[nH]c13)COC(C)(C)C2.Cc1nc2c(c3c(N)n[nH]c13)CN(Cc1ccccc1)CC2. The number of hydrogen-bond donors (Lipinski definition) is 13. The molecule has 1 aliphatic carbocycles. The Labute approximate surface area is 768 Å². The van der Waals surface area contributed by atoms with Gasteiger partial charge in [-0.3, -0.25) is 65.3 Å². The van der Waals surface area contributed by atoms with Crippen LogP contribution in [0.1, 0.15) is 250 Å². The van der Waals surface area contributed by atoms with Gasteiger partial charge in [-0.1, -0.05) is 167 Å². The van der Waals surface area contributed by atoms with E-state index in [4.69, 9.17) is 78.5 Å². The number of benzene rings is 3. The first-order chi connectivity index (χ1) is 61.9. The number of rotatable bonds is 16. The number of H-pyrrole nitrogens is 6. The van der Waals surface area contributed by atoms with Crippen LogP contribution in [0.25, 0.3) is 65.4 Å². The van der Waals surface area contributed by atoms with Crippen molar-refractivity contribution in [2.75, 3.05) is 59.4 Å². The van der Waals surface area contributed by atoms with Crippen molar-refractivity contribution in [1.82, 2.24) is 101 Å². The third-order valence-electron chi connectivity index (χ3n) is 25.5. The zero-order valence-electron chi connectivity index (χ0n) is 77.6. The summed E-state index contributed by atoms with van der Waals surface area (Å²) in [6.45, 7) is 38.3. The maximum absolute atomic E-state index is 6.18. The number of ether oxygens (including phenoxy) is 3. The molecule has 5 aliphatic heterocycles. The lowest BCUT2D eigenvalue weighted by molar-refractivity contribution is -0.0409. The van der Waals surface area contributed by atoms with Gasteiger partial charge in [0.1, 0.15) is 5.52 Å². The summed E-state index contributed by atoms with van der Waals surface area (Å²) in [7, 11) is 0. The lowest BCUT2D eigenvalue weighted by Crippen LogP contribution is -2.33. The molecule has 21 rings (SSSR count).